The van der Waals surface area contributed by atoms with Crippen molar-refractivity contribution in [2.45, 2.75) is 39.7 Å². The minimum absolute atomic E-state index is 0.0366. The zero-order valence-electron chi connectivity index (χ0n) is 16.2. The van der Waals surface area contributed by atoms with Gasteiger partial charge in [0.2, 0.25) is 11.7 Å². The molecule has 1 saturated heterocycles. The van der Waals surface area contributed by atoms with Gasteiger partial charge in [-0.1, -0.05) is 18.2 Å². The van der Waals surface area contributed by atoms with E-state index in [1.165, 1.54) is 0 Å². The molecule has 7 nitrogen and oxygen atoms in total. The number of likely N-dealkylation sites (N-methyl/N-ethyl adjacent to an activating group) is 1. The lowest BCUT2D eigenvalue weighted by Crippen LogP contribution is -2.51. The van der Waals surface area contributed by atoms with Crippen LogP contribution in [-0.2, 0) is 9.53 Å². The number of ether oxygens (including phenoxy) is 1. The molecule has 1 aromatic heterocycles. The van der Waals surface area contributed by atoms with Crippen molar-refractivity contribution in [1.29, 1.82) is 0 Å². The number of hydrogen-bond donors (Lipinski definition) is 0. The summed E-state index contributed by atoms with van der Waals surface area (Å²) in [5.74, 6) is 0.126. The van der Waals surface area contributed by atoms with Crippen molar-refractivity contribution in [1.82, 2.24) is 15.0 Å². The van der Waals surface area contributed by atoms with Gasteiger partial charge in [0.1, 0.15) is 0 Å². The van der Waals surface area contributed by atoms with Crippen molar-refractivity contribution >= 4 is 11.8 Å². The van der Waals surface area contributed by atoms with E-state index < -0.39 is 0 Å². The molecule has 1 fully saturated rings. The monoisotopic (exact) mass is 363 g/mol. The summed E-state index contributed by atoms with van der Waals surface area (Å²) < 4.78 is 10.9. The maximum atomic E-state index is 12.7. The summed E-state index contributed by atoms with van der Waals surface area (Å²) in [6.45, 7) is 11.3. The van der Waals surface area contributed by atoms with Gasteiger partial charge in [0.05, 0.1) is 18.4 Å². The van der Waals surface area contributed by atoms with Crippen LogP contribution in [0.3, 0.4) is 0 Å². The van der Waals surface area contributed by atoms with Crippen molar-refractivity contribution in [3.05, 3.63) is 29.7 Å². The minimum atomic E-state index is -0.228. The van der Waals surface area contributed by atoms with E-state index >= 15 is 0 Å². The first-order valence-electron chi connectivity index (χ1n) is 9.08. The third-order valence-corrected chi connectivity index (χ3v) is 4.92. The molecule has 1 aliphatic heterocycles. The molecule has 2 heterocycles. The van der Waals surface area contributed by atoms with E-state index in [-0.39, 0.29) is 29.6 Å². The fraction of sp³-hybridized carbons (Fsp3) is 0.632. The van der Waals surface area contributed by atoms with Crippen LogP contribution >= 0.6 is 0 Å². The van der Waals surface area contributed by atoms with Gasteiger partial charge in [0.25, 0.3) is 5.91 Å². The smallest absolute Gasteiger partial charge is 0.292 e. The van der Waals surface area contributed by atoms with Crippen LogP contribution in [-0.4, -0.2) is 66.2 Å². The molecule has 1 aliphatic rings. The summed E-state index contributed by atoms with van der Waals surface area (Å²) in [7, 11) is 1.70. The van der Waals surface area contributed by atoms with Crippen molar-refractivity contribution in [3.63, 3.8) is 0 Å². The first-order valence-corrected chi connectivity index (χ1v) is 9.08. The predicted molar refractivity (Wildman–Crippen MR) is 97.9 cm³/mol. The fourth-order valence-electron chi connectivity index (χ4n) is 3.11. The zero-order chi connectivity index (χ0) is 19.3. The number of aromatic nitrogens is 1. The Morgan fingerprint density at radius 1 is 1.46 bits per heavy atom. The lowest BCUT2D eigenvalue weighted by Gasteiger charge is -2.36. The van der Waals surface area contributed by atoms with Gasteiger partial charge in [-0.15, -0.1) is 6.58 Å². The SMILES string of the molecule is C=CCC(CC)C(=O)N1CCOC(CN(C)C(=O)c2onc(C)c2C)C1. The Kier molecular flexibility index (Phi) is 6.97. The Bertz CT molecular complexity index is 655. The Hall–Kier alpha value is -2.15. The highest BCUT2D eigenvalue weighted by molar-refractivity contribution is 5.92. The lowest BCUT2D eigenvalue weighted by atomic mass is 10.00. The molecule has 0 radical (unpaired) electrons. The van der Waals surface area contributed by atoms with E-state index in [0.717, 1.165) is 12.0 Å². The second-order valence-electron chi connectivity index (χ2n) is 6.81. The van der Waals surface area contributed by atoms with Crippen LogP contribution in [0, 0.1) is 19.8 Å². The zero-order valence-corrected chi connectivity index (χ0v) is 16.2. The highest BCUT2D eigenvalue weighted by Gasteiger charge is 2.30. The molecule has 2 amide bonds. The Morgan fingerprint density at radius 2 is 2.19 bits per heavy atom. The van der Waals surface area contributed by atoms with E-state index in [1.807, 2.05) is 18.7 Å². The van der Waals surface area contributed by atoms with Crippen LogP contribution in [0.15, 0.2) is 17.2 Å². The molecule has 0 aromatic carbocycles. The van der Waals surface area contributed by atoms with E-state index in [2.05, 4.69) is 11.7 Å². The van der Waals surface area contributed by atoms with Crippen LogP contribution in [0.2, 0.25) is 0 Å². The Morgan fingerprint density at radius 3 is 2.77 bits per heavy atom. The summed E-state index contributed by atoms with van der Waals surface area (Å²) in [6.07, 6.45) is 3.04. The number of carbonyl (C=O) groups excluding carboxylic acids is 2. The largest absolute Gasteiger partial charge is 0.373 e. The van der Waals surface area contributed by atoms with Gasteiger partial charge in [-0.25, -0.2) is 0 Å². The maximum Gasteiger partial charge on any atom is 0.292 e. The van der Waals surface area contributed by atoms with Gasteiger partial charge in [0.15, 0.2) is 0 Å². The van der Waals surface area contributed by atoms with Gasteiger partial charge in [-0.2, -0.15) is 0 Å². The summed E-state index contributed by atoms with van der Waals surface area (Å²) in [5, 5.41) is 3.83. The van der Waals surface area contributed by atoms with Gasteiger partial charge >= 0.3 is 0 Å². The first-order chi connectivity index (χ1) is 12.4. The number of hydrogen-bond acceptors (Lipinski definition) is 5. The van der Waals surface area contributed by atoms with Crippen LogP contribution in [0.1, 0.15) is 41.6 Å². The Labute approximate surface area is 154 Å². The first kappa shape index (κ1) is 20.2. The Balaban J connectivity index is 1.96. The van der Waals surface area contributed by atoms with E-state index in [0.29, 0.717) is 38.4 Å². The summed E-state index contributed by atoms with van der Waals surface area (Å²) >= 11 is 0. The van der Waals surface area contributed by atoms with Crippen molar-refractivity contribution in [2.75, 3.05) is 33.3 Å². The van der Waals surface area contributed by atoms with Gasteiger partial charge in [0, 0.05) is 38.2 Å². The van der Waals surface area contributed by atoms with Crippen LogP contribution in [0.25, 0.3) is 0 Å². The second-order valence-corrected chi connectivity index (χ2v) is 6.81. The average Bonchev–Trinajstić information content (AvgIpc) is 2.97. The normalized spacial score (nSPS) is 18.5. The molecule has 0 bridgehead atoms. The highest BCUT2D eigenvalue weighted by atomic mass is 16.5. The number of morpholine rings is 1. The number of aryl methyl sites for hydroxylation is 1. The van der Waals surface area contributed by atoms with Gasteiger partial charge < -0.3 is 19.1 Å². The summed E-state index contributed by atoms with van der Waals surface area (Å²) in [6, 6.07) is 0. The molecule has 0 spiro atoms. The van der Waals surface area contributed by atoms with Crippen molar-refractivity contribution in [2.24, 2.45) is 5.92 Å². The molecule has 2 rings (SSSR count). The molecule has 0 saturated carbocycles. The van der Waals surface area contributed by atoms with E-state index in [4.69, 9.17) is 9.26 Å². The minimum Gasteiger partial charge on any atom is -0.373 e. The molecule has 0 aliphatic carbocycles. The van der Waals surface area contributed by atoms with E-state index in [1.54, 1.807) is 24.9 Å². The van der Waals surface area contributed by atoms with Gasteiger partial charge in [-0.3, -0.25) is 9.59 Å². The molecule has 26 heavy (non-hydrogen) atoms. The topological polar surface area (TPSA) is 75.9 Å². The second kappa shape index (κ2) is 8.98. The molecule has 2 atom stereocenters. The number of rotatable bonds is 7. The maximum absolute atomic E-state index is 12.7. The van der Waals surface area contributed by atoms with Crippen LogP contribution in [0.5, 0.6) is 0 Å². The van der Waals surface area contributed by atoms with Crippen LogP contribution in [0.4, 0.5) is 0 Å². The number of allylic oxidation sites excluding steroid dienone is 1. The molecular formula is C19H29N3O4. The fourth-order valence-corrected chi connectivity index (χ4v) is 3.11. The standard InChI is InChI=1S/C19H29N3O4/c1-6-8-15(7-2)18(23)22-9-10-25-16(12-22)11-21(5)19(24)17-13(3)14(4)20-26-17/h6,15-16H,1,7-12H2,2-5H3. The lowest BCUT2D eigenvalue weighted by molar-refractivity contribution is -0.143. The highest BCUT2D eigenvalue weighted by Crippen LogP contribution is 2.18. The number of amides is 2. The van der Waals surface area contributed by atoms with Crippen molar-refractivity contribution in [3.8, 4) is 0 Å². The third kappa shape index (κ3) is 4.52. The molecule has 0 N–H and O–H groups in total. The molecule has 1 aromatic rings. The molecule has 2 unspecified atom stereocenters. The number of carbonyl (C=O) groups is 2. The van der Waals surface area contributed by atoms with Crippen molar-refractivity contribution < 1.29 is 18.8 Å². The average molecular weight is 363 g/mol. The quantitative estimate of drug-likeness (QED) is 0.694. The number of nitrogens with zero attached hydrogens (tertiary/aromatic N) is 3. The van der Waals surface area contributed by atoms with Crippen LogP contribution < -0.4 is 0 Å². The molecule has 7 heteroatoms. The summed E-state index contributed by atoms with van der Waals surface area (Å²) in [4.78, 5) is 28.6. The predicted octanol–water partition coefficient (Wildman–Crippen LogP) is 2.19. The van der Waals surface area contributed by atoms with Gasteiger partial charge in [-0.05, 0) is 26.7 Å². The molecule has 144 valence electrons. The summed E-state index contributed by atoms with van der Waals surface area (Å²) in [5.41, 5.74) is 1.46. The van der Waals surface area contributed by atoms with E-state index in [9.17, 15) is 9.59 Å². The molecular weight excluding hydrogens is 334 g/mol. The third-order valence-electron chi connectivity index (χ3n) is 4.92.